The molecule has 2 fully saturated rings. The van der Waals surface area contributed by atoms with Gasteiger partial charge in [-0.15, -0.1) is 0 Å². The fraction of sp³-hybridized carbons (Fsp3) is 0.444. The van der Waals surface area contributed by atoms with Gasteiger partial charge < -0.3 is 19.5 Å². The minimum atomic E-state index is -2.98. The van der Waals surface area contributed by atoms with Crippen LogP contribution in [-0.4, -0.2) is 60.4 Å². The molecule has 1 aliphatic carbocycles. The Hall–Kier alpha value is -3.17. The molecule has 36 heavy (non-hydrogen) atoms. The number of nitrogens with zero attached hydrogens (tertiary/aromatic N) is 3. The van der Waals surface area contributed by atoms with Crippen LogP contribution >= 0.6 is 0 Å². The Morgan fingerprint density at radius 1 is 1.19 bits per heavy atom. The number of alkyl halides is 2. The topological polar surface area (TPSA) is 60.3 Å². The molecule has 0 atom stereocenters. The van der Waals surface area contributed by atoms with Gasteiger partial charge in [0.25, 0.3) is 0 Å². The van der Waals surface area contributed by atoms with E-state index in [1.165, 1.54) is 7.11 Å². The average Bonchev–Trinajstić information content (AvgIpc) is 3.58. The van der Waals surface area contributed by atoms with Gasteiger partial charge in [0, 0.05) is 42.1 Å². The van der Waals surface area contributed by atoms with Crippen LogP contribution in [0.1, 0.15) is 37.8 Å². The molecule has 3 aromatic rings. The lowest BCUT2D eigenvalue weighted by molar-refractivity contribution is -0.0501. The molecule has 1 aliphatic heterocycles. The van der Waals surface area contributed by atoms with Crippen LogP contribution in [0, 0.1) is 0 Å². The molecule has 1 aromatic carbocycles. The first-order chi connectivity index (χ1) is 17.3. The molecule has 2 aliphatic rings. The molecule has 1 saturated heterocycles. The number of aromatic nitrogens is 2. The van der Waals surface area contributed by atoms with E-state index < -0.39 is 6.61 Å². The van der Waals surface area contributed by atoms with E-state index >= 15 is 0 Å². The molecule has 0 spiro atoms. The highest BCUT2D eigenvalue weighted by Crippen LogP contribution is 2.40. The third-order valence-corrected chi connectivity index (χ3v) is 7.08. The lowest BCUT2D eigenvalue weighted by Crippen LogP contribution is -2.47. The highest BCUT2D eigenvalue weighted by molar-refractivity contribution is 5.79. The maximum absolute atomic E-state index is 13.4. The summed E-state index contributed by atoms with van der Waals surface area (Å²) in [7, 11) is 1.51. The number of halogens is 2. The predicted octanol–water partition coefficient (Wildman–Crippen LogP) is 4.90. The molecule has 0 radical (unpaired) electrons. The molecule has 7 nitrogen and oxygen atoms in total. The molecule has 1 N–H and O–H groups in total. The van der Waals surface area contributed by atoms with E-state index in [1.54, 1.807) is 12.3 Å². The van der Waals surface area contributed by atoms with Crippen molar-refractivity contribution in [2.45, 2.75) is 44.9 Å². The quantitative estimate of drug-likeness (QED) is 0.453. The number of methoxy groups -OCH3 is 1. The summed E-state index contributed by atoms with van der Waals surface area (Å²) in [6, 6.07) is 7.86. The lowest BCUT2D eigenvalue weighted by Gasteiger charge is -2.41. The standard InChI is InChI=1S/C27H32F2N4O3/c1-17(31-20-5-6-20)25-22(34-4)13-18(14-23(25)36-26(28)29)21-16-30-24-15-19(7-8-33(21)24)27(2,3)32-9-11-35-12-10-32/h7-8,13-16,20,26,31H,1,5-6,9-12H2,2-4H3. The van der Waals surface area contributed by atoms with Gasteiger partial charge in [0.2, 0.25) is 0 Å². The Kier molecular flexibility index (Phi) is 6.61. The van der Waals surface area contributed by atoms with Crippen molar-refractivity contribution in [1.82, 2.24) is 19.6 Å². The van der Waals surface area contributed by atoms with Gasteiger partial charge in [0.05, 0.1) is 37.8 Å². The smallest absolute Gasteiger partial charge is 0.387 e. The van der Waals surface area contributed by atoms with Crippen LogP contribution in [0.3, 0.4) is 0 Å². The maximum atomic E-state index is 13.4. The molecule has 0 bridgehead atoms. The van der Waals surface area contributed by atoms with Crippen molar-refractivity contribution in [2.75, 3.05) is 33.4 Å². The highest BCUT2D eigenvalue weighted by atomic mass is 19.3. The number of benzene rings is 1. The second-order valence-corrected chi connectivity index (χ2v) is 9.77. The van der Waals surface area contributed by atoms with Gasteiger partial charge in [0.15, 0.2) is 0 Å². The van der Waals surface area contributed by atoms with Crippen LogP contribution in [0.25, 0.3) is 22.6 Å². The number of ether oxygens (including phenoxy) is 3. The monoisotopic (exact) mass is 498 g/mol. The van der Waals surface area contributed by atoms with Crippen molar-refractivity contribution in [3.8, 4) is 22.8 Å². The van der Waals surface area contributed by atoms with E-state index in [1.807, 2.05) is 16.7 Å². The summed E-state index contributed by atoms with van der Waals surface area (Å²) in [4.78, 5) is 7.03. The summed E-state index contributed by atoms with van der Waals surface area (Å²) in [5.74, 6) is 0.416. The van der Waals surface area contributed by atoms with E-state index in [-0.39, 0.29) is 11.3 Å². The van der Waals surface area contributed by atoms with Crippen LogP contribution in [0.5, 0.6) is 11.5 Å². The zero-order chi connectivity index (χ0) is 25.4. The minimum absolute atomic E-state index is 0.0116. The van der Waals surface area contributed by atoms with Crippen LogP contribution < -0.4 is 14.8 Å². The van der Waals surface area contributed by atoms with Gasteiger partial charge in [-0.05, 0) is 56.5 Å². The molecule has 0 unspecified atom stereocenters. The Labute approximate surface area is 209 Å². The third kappa shape index (κ3) is 4.77. The van der Waals surface area contributed by atoms with Crippen LogP contribution in [-0.2, 0) is 10.3 Å². The van der Waals surface area contributed by atoms with Gasteiger partial charge in [0.1, 0.15) is 17.1 Å². The van der Waals surface area contributed by atoms with Crippen molar-refractivity contribution in [3.63, 3.8) is 0 Å². The van der Waals surface area contributed by atoms with E-state index in [2.05, 4.69) is 47.8 Å². The summed E-state index contributed by atoms with van der Waals surface area (Å²) in [5, 5.41) is 3.26. The Bertz CT molecular complexity index is 1260. The molecular formula is C27H32F2N4O3. The fourth-order valence-corrected chi connectivity index (χ4v) is 4.81. The van der Waals surface area contributed by atoms with Crippen LogP contribution in [0.15, 0.2) is 43.2 Å². The normalized spacial score (nSPS) is 16.9. The molecule has 0 amide bonds. The van der Waals surface area contributed by atoms with Crippen LogP contribution in [0.2, 0.25) is 0 Å². The van der Waals surface area contributed by atoms with E-state index in [9.17, 15) is 8.78 Å². The predicted molar refractivity (Wildman–Crippen MR) is 134 cm³/mol. The molecule has 5 rings (SSSR count). The van der Waals surface area contributed by atoms with Crippen molar-refractivity contribution in [3.05, 3.63) is 54.4 Å². The first kappa shape index (κ1) is 24.5. The Balaban J connectivity index is 1.53. The third-order valence-electron chi connectivity index (χ3n) is 7.08. The SMILES string of the molecule is C=C(NC1CC1)c1c(OC)cc(-c2cnc3cc(C(C)(C)N4CCOCC4)ccn23)cc1OC(F)F. The molecule has 192 valence electrons. The second-order valence-electron chi connectivity index (χ2n) is 9.77. The summed E-state index contributed by atoms with van der Waals surface area (Å²) in [6.07, 6.45) is 5.75. The van der Waals surface area contributed by atoms with Crippen molar-refractivity contribution in [2.24, 2.45) is 0 Å². The number of morpholine rings is 1. The molecule has 2 aromatic heterocycles. The molecule has 3 heterocycles. The lowest BCUT2D eigenvalue weighted by atomic mass is 9.92. The summed E-state index contributed by atoms with van der Waals surface area (Å²) in [5.41, 5.74) is 4.02. The second kappa shape index (κ2) is 9.71. The first-order valence-corrected chi connectivity index (χ1v) is 12.2. The average molecular weight is 499 g/mol. The number of rotatable bonds is 9. The Morgan fingerprint density at radius 3 is 2.58 bits per heavy atom. The molecule has 9 heteroatoms. The molecule has 1 saturated carbocycles. The zero-order valence-electron chi connectivity index (χ0n) is 20.9. The van der Waals surface area contributed by atoms with Gasteiger partial charge in [-0.25, -0.2) is 4.98 Å². The minimum Gasteiger partial charge on any atom is -0.496 e. The van der Waals surface area contributed by atoms with E-state index in [0.29, 0.717) is 28.6 Å². The number of imidazole rings is 1. The number of fused-ring (bicyclic) bond motifs is 1. The Morgan fingerprint density at radius 2 is 1.92 bits per heavy atom. The maximum Gasteiger partial charge on any atom is 0.387 e. The number of hydrogen-bond acceptors (Lipinski definition) is 6. The highest BCUT2D eigenvalue weighted by Gasteiger charge is 2.31. The number of hydrogen-bond donors (Lipinski definition) is 1. The van der Waals surface area contributed by atoms with Crippen LogP contribution in [0.4, 0.5) is 8.78 Å². The van der Waals surface area contributed by atoms with E-state index in [0.717, 1.165) is 56.0 Å². The van der Waals surface area contributed by atoms with Gasteiger partial charge in [-0.3, -0.25) is 9.30 Å². The van der Waals surface area contributed by atoms with Crippen molar-refractivity contribution < 1.29 is 23.0 Å². The summed E-state index contributed by atoms with van der Waals surface area (Å²) < 4.78 is 44.7. The largest absolute Gasteiger partial charge is 0.496 e. The first-order valence-electron chi connectivity index (χ1n) is 12.2. The van der Waals surface area contributed by atoms with Gasteiger partial charge in [-0.1, -0.05) is 6.58 Å². The molecular weight excluding hydrogens is 466 g/mol. The van der Waals surface area contributed by atoms with Gasteiger partial charge >= 0.3 is 6.61 Å². The van der Waals surface area contributed by atoms with Crippen molar-refractivity contribution >= 4 is 11.3 Å². The summed E-state index contributed by atoms with van der Waals surface area (Å²) in [6.45, 7) is 8.67. The van der Waals surface area contributed by atoms with Gasteiger partial charge in [-0.2, -0.15) is 8.78 Å². The number of nitrogens with one attached hydrogen (secondary N) is 1. The summed E-state index contributed by atoms with van der Waals surface area (Å²) >= 11 is 0. The number of pyridine rings is 1. The fourth-order valence-electron chi connectivity index (χ4n) is 4.81. The van der Waals surface area contributed by atoms with E-state index in [4.69, 9.17) is 14.2 Å². The van der Waals surface area contributed by atoms with Crippen molar-refractivity contribution in [1.29, 1.82) is 0 Å². The zero-order valence-corrected chi connectivity index (χ0v) is 20.9.